The zero-order valence-corrected chi connectivity index (χ0v) is 12.2. The van der Waals surface area contributed by atoms with Crippen molar-refractivity contribution >= 4 is 23.1 Å². The van der Waals surface area contributed by atoms with E-state index >= 15 is 0 Å². The molecule has 3 nitrogen and oxygen atoms in total. The lowest BCUT2D eigenvalue weighted by Gasteiger charge is -2.00. The Hall–Kier alpha value is -2.72. The van der Waals surface area contributed by atoms with Crippen LogP contribution in [-0.4, -0.2) is 16.9 Å². The molecule has 0 bridgehead atoms. The number of hydrogen-bond donors (Lipinski definition) is 1. The van der Waals surface area contributed by atoms with Gasteiger partial charge in [-0.15, -0.1) is 11.3 Å². The molecular formula is C18H10O3S. The van der Waals surface area contributed by atoms with Crippen molar-refractivity contribution in [2.45, 2.75) is 0 Å². The van der Waals surface area contributed by atoms with Gasteiger partial charge in [0, 0.05) is 21.6 Å². The van der Waals surface area contributed by atoms with Crippen LogP contribution in [0.15, 0.2) is 54.6 Å². The second-order valence-corrected chi connectivity index (χ2v) is 6.08. The van der Waals surface area contributed by atoms with E-state index in [2.05, 4.69) is 0 Å². The fourth-order valence-corrected chi connectivity index (χ4v) is 4.04. The molecular weight excluding hydrogens is 296 g/mol. The summed E-state index contributed by atoms with van der Waals surface area (Å²) in [4.78, 5) is 25.3. The Kier molecular flexibility index (Phi) is 2.74. The molecule has 2 aromatic carbocycles. The number of carbonyl (C=O) groups is 2. The normalized spacial score (nSPS) is 12.1. The highest BCUT2D eigenvalue weighted by Gasteiger charge is 2.36. The van der Waals surface area contributed by atoms with E-state index in [1.54, 1.807) is 12.1 Å². The first-order chi connectivity index (χ1) is 10.7. The summed E-state index contributed by atoms with van der Waals surface area (Å²) in [6, 6.07) is 16.6. The molecule has 1 heterocycles. The molecule has 3 aromatic rings. The molecule has 0 amide bonds. The number of ketones is 1. The first-order valence-electron chi connectivity index (χ1n) is 6.78. The maximum Gasteiger partial charge on any atom is 0.346 e. The Morgan fingerprint density at radius 2 is 1.50 bits per heavy atom. The standard InChI is InChI=1S/C18H10O3S/c19-15-12-9-5-4-8-11(12)13-14(15)16(22-17(13)18(20)21)10-6-2-1-3-7-10/h1-9H,(H,20,21). The number of carboxylic acids is 1. The molecule has 0 atom stereocenters. The first kappa shape index (κ1) is 13.0. The van der Waals surface area contributed by atoms with Gasteiger partial charge in [0.15, 0.2) is 5.78 Å². The highest BCUT2D eigenvalue weighted by molar-refractivity contribution is 7.18. The van der Waals surface area contributed by atoms with Crippen LogP contribution in [0.5, 0.6) is 0 Å². The Balaban J connectivity index is 2.08. The van der Waals surface area contributed by atoms with Gasteiger partial charge in [0.25, 0.3) is 0 Å². The Bertz CT molecular complexity index is 923. The topological polar surface area (TPSA) is 54.4 Å². The number of carboxylic acid groups (broad SMARTS) is 1. The highest BCUT2D eigenvalue weighted by atomic mass is 32.1. The van der Waals surface area contributed by atoms with Crippen LogP contribution in [0.2, 0.25) is 0 Å². The zero-order valence-electron chi connectivity index (χ0n) is 11.4. The van der Waals surface area contributed by atoms with Crippen LogP contribution in [0.25, 0.3) is 21.6 Å². The maximum atomic E-state index is 12.7. The first-order valence-corrected chi connectivity index (χ1v) is 7.59. The summed E-state index contributed by atoms with van der Waals surface area (Å²) < 4.78 is 0. The molecule has 0 saturated heterocycles. The van der Waals surface area contributed by atoms with Crippen molar-refractivity contribution in [3.63, 3.8) is 0 Å². The summed E-state index contributed by atoms with van der Waals surface area (Å²) in [6.45, 7) is 0. The number of fused-ring (bicyclic) bond motifs is 3. The zero-order chi connectivity index (χ0) is 15.3. The van der Waals surface area contributed by atoms with E-state index in [9.17, 15) is 14.7 Å². The van der Waals surface area contributed by atoms with E-state index in [4.69, 9.17) is 0 Å². The van der Waals surface area contributed by atoms with Gasteiger partial charge in [0.1, 0.15) is 4.88 Å². The molecule has 0 radical (unpaired) electrons. The van der Waals surface area contributed by atoms with Gasteiger partial charge >= 0.3 is 5.97 Å². The number of rotatable bonds is 2. The minimum absolute atomic E-state index is 0.0896. The van der Waals surface area contributed by atoms with Crippen molar-refractivity contribution in [1.82, 2.24) is 0 Å². The van der Waals surface area contributed by atoms with Crippen molar-refractivity contribution in [3.8, 4) is 21.6 Å². The van der Waals surface area contributed by atoms with Crippen LogP contribution in [0.4, 0.5) is 0 Å². The van der Waals surface area contributed by atoms with Crippen LogP contribution in [-0.2, 0) is 0 Å². The number of thiophene rings is 1. The third-order valence-corrected chi connectivity index (χ3v) is 5.03. The van der Waals surface area contributed by atoms with E-state index in [1.807, 2.05) is 42.5 Å². The van der Waals surface area contributed by atoms with Crippen molar-refractivity contribution in [3.05, 3.63) is 70.6 Å². The Labute approximate surface area is 130 Å². The summed E-state index contributed by atoms with van der Waals surface area (Å²) in [6.07, 6.45) is 0. The lowest BCUT2D eigenvalue weighted by atomic mass is 10.0. The molecule has 1 aromatic heterocycles. The predicted octanol–water partition coefficient (Wildman–Crippen LogP) is 4.32. The Morgan fingerprint density at radius 1 is 0.864 bits per heavy atom. The average Bonchev–Trinajstić information content (AvgIpc) is 3.07. The number of benzene rings is 2. The maximum absolute atomic E-state index is 12.7. The molecule has 4 rings (SSSR count). The molecule has 22 heavy (non-hydrogen) atoms. The minimum atomic E-state index is -0.993. The number of aromatic carboxylic acids is 1. The second kappa shape index (κ2) is 4.64. The highest BCUT2D eigenvalue weighted by Crippen LogP contribution is 2.48. The summed E-state index contributed by atoms with van der Waals surface area (Å²) in [5.41, 5.74) is 3.27. The van der Waals surface area contributed by atoms with Gasteiger partial charge in [-0.3, -0.25) is 4.79 Å². The van der Waals surface area contributed by atoms with E-state index in [0.29, 0.717) is 16.7 Å². The van der Waals surface area contributed by atoms with Crippen LogP contribution < -0.4 is 0 Å². The number of hydrogen-bond acceptors (Lipinski definition) is 3. The molecule has 1 aliphatic rings. The summed E-state index contributed by atoms with van der Waals surface area (Å²) in [7, 11) is 0. The van der Waals surface area contributed by atoms with Crippen molar-refractivity contribution in [2.75, 3.05) is 0 Å². The summed E-state index contributed by atoms with van der Waals surface area (Å²) in [5.74, 6) is -1.08. The molecule has 0 aliphatic heterocycles. The van der Waals surface area contributed by atoms with E-state index in [0.717, 1.165) is 16.0 Å². The van der Waals surface area contributed by atoms with Crippen LogP contribution >= 0.6 is 11.3 Å². The molecule has 0 spiro atoms. The summed E-state index contributed by atoms with van der Waals surface area (Å²) >= 11 is 1.17. The van der Waals surface area contributed by atoms with Crippen molar-refractivity contribution < 1.29 is 14.7 Å². The minimum Gasteiger partial charge on any atom is -0.477 e. The quantitative estimate of drug-likeness (QED) is 0.600. The molecule has 106 valence electrons. The van der Waals surface area contributed by atoms with Crippen LogP contribution in [0.1, 0.15) is 25.6 Å². The lowest BCUT2D eigenvalue weighted by molar-refractivity contribution is 0.0703. The van der Waals surface area contributed by atoms with Crippen molar-refractivity contribution in [1.29, 1.82) is 0 Å². The fourth-order valence-electron chi connectivity index (χ4n) is 2.88. The van der Waals surface area contributed by atoms with Gasteiger partial charge in [-0.25, -0.2) is 4.79 Å². The SMILES string of the molecule is O=C(O)c1sc(-c2ccccc2)c2c1-c1ccccc1C2=O. The van der Waals surface area contributed by atoms with E-state index in [-0.39, 0.29) is 10.7 Å². The molecule has 4 heteroatoms. The van der Waals surface area contributed by atoms with Crippen LogP contribution in [0.3, 0.4) is 0 Å². The molecule has 0 saturated carbocycles. The average molecular weight is 306 g/mol. The van der Waals surface area contributed by atoms with E-state index < -0.39 is 5.97 Å². The smallest absolute Gasteiger partial charge is 0.346 e. The predicted molar refractivity (Wildman–Crippen MR) is 85.6 cm³/mol. The largest absolute Gasteiger partial charge is 0.477 e. The van der Waals surface area contributed by atoms with Gasteiger partial charge in [0.05, 0.1) is 0 Å². The van der Waals surface area contributed by atoms with Gasteiger partial charge in [0.2, 0.25) is 0 Å². The lowest BCUT2D eigenvalue weighted by Crippen LogP contribution is -1.95. The molecule has 0 unspecified atom stereocenters. The number of carbonyl (C=O) groups excluding carboxylic acids is 1. The molecule has 1 aliphatic carbocycles. The van der Waals surface area contributed by atoms with E-state index in [1.165, 1.54) is 11.3 Å². The van der Waals surface area contributed by atoms with Gasteiger partial charge < -0.3 is 5.11 Å². The monoisotopic (exact) mass is 306 g/mol. The van der Waals surface area contributed by atoms with Crippen molar-refractivity contribution in [2.24, 2.45) is 0 Å². The third-order valence-electron chi connectivity index (χ3n) is 3.81. The van der Waals surface area contributed by atoms with Crippen LogP contribution in [0, 0.1) is 0 Å². The van der Waals surface area contributed by atoms with Gasteiger partial charge in [-0.2, -0.15) is 0 Å². The Morgan fingerprint density at radius 3 is 2.18 bits per heavy atom. The molecule has 0 fully saturated rings. The summed E-state index contributed by atoms with van der Waals surface area (Å²) in [5, 5.41) is 9.52. The second-order valence-electron chi connectivity index (χ2n) is 5.06. The third kappa shape index (κ3) is 1.68. The fraction of sp³-hybridized carbons (Fsp3) is 0. The van der Waals surface area contributed by atoms with Gasteiger partial charge in [-0.1, -0.05) is 54.6 Å². The van der Waals surface area contributed by atoms with Gasteiger partial charge in [-0.05, 0) is 11.1 Å². The molecule has 1 N–H and O–H groups in total.